The number of nitrogens with zero attached hydrogens (tertiary/aromatic N) is 1. The predicted molar refractivity (Wildman–Crippen MR) is 76.8 cm³/mol. The van der Waals surface area contributed by atoms with Gasteiger partial charge in [-0.2, -0.15) is 4.31 Å². The molecule has 1 saturated heterocycles. The van der Waals surface area contributed by atoms with Gasteiger partial charge in [-0.1, -0.05) is 0 Å². The average molecular weight is 318 g/mol. The summed E-state index contributed by atoms with van der Waals surface area (Å²) in [7, 11) is -3.56. The molecule has 0 aromatic carbocycles. The molecule has 1 aliphatic heterocycles. The Morgan fingerprint density at radius 3 is 2.95 bits per heavy atom. The van der Waals surface area contributed by atoms with Crippen LogP contribution in [0.4, 0.5) is 5.69 Å². The van der Waals surface area contributed by atoms with Crippen molar-refractivity contribution in [1.29, 1.82) is 0 Å². The maximum absolute atomic E-state index is 12.5. The van der Waals surface area contributed by atoms with Crippen LogP contribution in [0.5, 0.6) is 0 Å². The number of carbonyl (C=O) groups is 1. The van der Waals surface area contributed by atoms with E-state index in [-0.39, 0.29) is 22.6 Å². The Kier molecular flexibility index (Phi) is 4.66. The fraction of sp³-hybridized carbons (Fsp3) is 0.583. The van der Waals surface area contributed by atoms with Gasteiger partial charge in [0.2, 0.25) is 0 Å². The van der Waals surface area contributed by atoms with Gasteiger partial charge in [0.05, 0.1) is 12.5 Å². The van der Waals surface area contributed by atoms with Crippen molar-refractivity contribution in [3.63, 3.8) is 0 Å². The zero-order valence-corrected chi connectivity index (χ0v) is 12.9. The minimum atomic E-state index is -3.56. The molecule has 1 fully saturated rings. The lowest BCUT2D eigenvalue weighted by atomic mass is 10.0. The van der Waals surface area contributed by atoms with Gasteiger partial charge in [-0.25, -0.2) is 8.42 Å². The molecular formula is C12H18N2O4S2. The van der Waals surface area contributed by atoms with E-state index < -0.39 is 10.0 Å². The van der Waals surface area contributed by atoms with Gasteiger partial charge in [-0.3, -0.25) is 4.79 Å². The van der Waals surface area contributed by atoms with E-state index in [2.05, 4.69) is 0 Å². The van der Waals surface area contributed by atoms with E-state index in [0.717, 1.165) is 11.3 Å². The van der Waals surface area contributed by atoms with E-state index in [9.17, 15) is 13.2 Å². The van der Waals surface area contributed by atoms with E-state index in [1.54, 1.807) is 12.3 Å². The van der Waals surface area contributed by atoms with Crippen LogP contribution >= 0.6 is 11.3 Å². The molecular weight excluding hydrogens is 300 g/mol. The number of hydrogen-bond donors (Lipinski definition) is 1. The van der Waals surface area contributed by atoms with Crippen molar-refractivity contribution in [2.24, 2.45) is 5.92 Å². The van der Waals surface area contributed by atoms with Gasteiger partial charge < -0.3 is 10.5 Å². The maximum Gasteiger partial charge on any atom is 0.310 e. The number of esters is 1. The molecule has 1 aliphatic rings. The topological polar surface area (TPSA) is 89.7 Å². The number of nitrogens with two attached hydrogens (primary N) is 1. The summed E-state index contributed by atoms with van der Waals surface area (Å²) < 4.78 is 31.5. The fourth-order valence-electron chi connectivity index (χ4n) is 2.21. The van der Waals surface area contributed by atoms with Gasteiger partial charge in [-0.15, -0.1) is 11.3 Å². The number of carbonyl (C=O) groups excluding carboxylic acids is 1. The van der Waals surface area contributed by atoms with E-state index in [1.165, 1.54) is 10.4 Å². The molecule has 1 unspecified atom stereocenters. The molecule has 0 spiro atoms. The van der Waals surface area contributed by atoms with Crippen LogP contribution in [0.1, 0.15) is 19.8 Å². The van der Waals surface area contributed by atoms with Gasteiger partial charge in [-0.05, 0) is 25.8 Å². The Morgan fingerprint density at radius 2 is 2.35 bits per heavy atom. The number of thiophene rings is 1. The van der Waals surface area contributed by atoms with Crippen molar-refractivity contribution in [2.75, 3.05) is 25.4 Å². The second-order valence-corrected chi connectivity index (χ2v) is 7.73. The first-order valence-electron chi connectivity index (χ1n) is 6.46. The molecule has 2 rings (SSSR count). The lowest BCUT2D eigenvalue weighted by molar-refractivity contribution is -0.149. The first kappa shape index (κ1) is 15.3. The van der Waals surface area contributed by atoms with Crippen molar-refractivity contribution < 1.29 is 17.9 Å². The lowest BCUT2D eigenvalue weighted by Gasteiger charge is -2.30. The molecule has 8 heteroatoms. The second kappa shape index (κ2) is 6.11. The van der Waals surface area contributed by atoms with Crippen LogP contribution < -0.4 is 5.73 Å². The Hall–Kier alpha value is -1.12. The van der Waals surface area contributed by atoms with Crippen LogP contribution in [0.25, 0.3) is 0 Å². The SMILES string of the molecule is CCOC(=O)C1CCCN(S(=O)(=O)c2cc(N)cs2)C1. The highest BCUT2D eigenvalue weighted by molar-refractivity contribution is 7.91. The zero-order valence-electron chi connectivity index (χ0n) is 11.2. The summed E-state index contributed by atoms with van der Waals surface area (Å²) in [4.78, 5) is 11.8. The Morgan fingerprint density at radius 1 is 1.60 bits per heavy atom. The molecule has 0 aliphatic carbocycles. The third-order valence-electron chi connectivity index (χ3n) is 3.19. The van der Waals surface area contributed by atoms with Crippen molar-refractivity contribution in [3.8, 4) is 0 Å². The third-order valence-corrected chi connectivity index (χ3v) is 6.49. The molecule has 112 valence electrons. The molecule has 20 heavy (non-hydrogen) atoms. The van der Waals surface area contributed by atoms with Gasteiger partial charge in [0.25, 0.3) is 10.0 Å². The molecule has 2 heterocycles. The van der Waals surface area contributed by atoms with Crippen molar-refractivity contribution in [2.45, 2.75) is 24.0 Å². The predicted octanol–water partition coefficient (Wildman–Crippen LogP) is 1.29. The summed E-state index contributed by atoms with van der Waals surface area (Å²) in [5, 5.41) is 1.60. The normalized spacial score (nSPS) is 20.8. The molecule has 0 bridgehead atoms. The smallest absolute Gasteiger partial charge is 0.310 e. The number of ether oxygens (including phenoxy) is 1. The summed E-state index contributed by atoms with van der Waals surface area (Å²) in [5.41, 5.74) is 6.01. The van der Waals surface area contributed by atoms with Crippen LogP contribution in [0.3, 0.4) is 0 Å². The number of anilines is 1. The van der Waals surface area contributed by atoms with E-state index in [0.29, 0.717) is 31.7 Å². The first-order valence-corrected chi connectivity index (χ1v) is 8.78. The van der Waals surface area contributed by atoms with Crippen molar-refractivity contribution in [1.82, 2.24) is 4.31 Å². The molecule has 2 N–H and O–H groups in total. The van der Waals surface area contributed by atoms with E-state index >= 15 is 0 Å². The monoisotopic (exact) mass is 318 g/mol. The highest BCUT2D eigenvalue weighted by Crippen LogP contribution is 2.28. The molecule has 0 radical (unpaired) electrons. The number of piperidine rings is 1. The number of rotatable bonds is 4. The van der Waals surface area contributed by atoms with Crippen molar-refractivity contribution in [3.05, 3.63) is 11.4 Å². The Bertz CT molecular complexity index is 582. The average Bonchev–Trinajstić information content (AvgIpc) is 2.86. The lowest BCUT2D eigenvalue weighted by Crippen LogP contribution is -2.42. The molecule has 0 saturated carbocycles. The van der Waals surface area contributed by atoms with Crippen LogP contribution in [0.2, 0.25) is 0 Å². The largest absolute Gasteiger partial charge is 0.466 e. The van der Waals surface area contributed by atoms with Gasteiger partial charge in [0.15, 0.2) is 0 Å². The minimum absolute atomic E-state index is 0.180. The fourth-order valence-corrected chi connectivity index (χ4v) is 4.96. The quantitative estimate of drug-likeness (QED) is 0.845. The van der Waals surface area contributed by atoms with Gasteiger partial charge >= 0.3 is 5.97 Å². The minimum Gasteiger partial charge on any atom is -0.466 e. The van der Waals surface area contributed by atoms with Crippen LogP contribution in [-0.2, 0) is 19.6 Å². The Balaban J connectivity index is 2.14. The van der Waals surface area contributed by atoms with Crippen LogP contribution in [-0.4, -0.2) is 38.4 Å². The van der Waals surface area contributed by atoms with Gasteiger partial charge in [0, 0.05) is 24.2 Å². The molecule has 1 aromatic rings. The van der Waals surface area contributed by atoms with Crippen LogP contribution in [0, 0.1) is 5.92 Å². The molecule has 0 amide bonds. The Labute approximate surface area is 122 Å². The summed E-state index contributed by atoms with van der Waals surface area (Å²) in [5.74, 6) is -0.700. The first-order chi connectivity index (χ1) is 9.45. The molecule has 1 atom stereocenters. The van der Waals surface area contributed by atoms with E-state index in [4.69, 9.17) is 10.5 Å². The second-order valence-electron chi connectivity index (χ2n) is 4.65. The van der Waals surface area contributed by atoms with Crippen LogP contribution in [0.15, 0.2) is 15.7 Å². The number of hydrogen-bond acceptors (Lipinski definition) is 6. The molecule has 6 nitrogen and oxygen atoms in total. The molecule has 1 aromatic heterocycles. The highest BCUT2D eigenvalue weighted by Gasteiger charge is 2.34. The maximum atomic E-state index is 12.5. The highest BCUT2D eigenvalue weighted by atomic mass is 32.2. The number of nitrogen functional groups attached to an aromatic ring is 1. The summed E-state index contributed by atoms with van der Waals surface area (Å²) in [6.07, 6.45) is 1.32. The summed E-state index contributed by atoms with van der Waals surface area (Å²) in [6.45, 7) is 2.65. The summed E-state index contributed by atoms with van der Waals surface area (Å²) in [6, 6.07) is 1.45. The standard InChI is InChI=1S/C12H18N2O4S2/c1-2-18-12(15)9-4-3-5-14(7-9)20(16,17)11-6-10(13)8-19-11/h6,8-9H,2-5,7,13H2,1H3. The van der Waals surface area contributed by atoms with Crippen molar-refractivity contribution >= 4 is 33.0 Å². The summed E-state index contributed by atoms with van der Waals surface area (Å²) >= 11 is 1.10. The number of sulfonamides is 1. The van der Waals surface area contributed by atoms with E-state index in [1.807, 2.05) is 0 Å². The third kappa shape index (κ3) is 3.13. The van der Waals surface area contributed by atoms with Gasteiger partial charge in [0.1, 0.15) is 4.21 Å². The zero-order chi connectivity index (χ0) is 14.8.